The molecule has 136 valence electrons. The van der Waals surface area contributed by atoms with E-state index in [0.29, 0.717) is 0 Å². The van der Waals surface area contributed by atoms with E-state index in [1.807, 2.05) is 5.66 Å². The maximum absolute atomic E-state index is 9.97. The largest absolute Gasteiger partial charge is 0.462 e. The van der Waals surface area contributed by atoms with Gasteiger partial charge in [-0.2, -0.15) is 0 Å². The van der Waals surface area contributed by atoms with Crippen molar-refractivity contribution in [3.05, 3.63) is 0 Å². The van der Waals surface area contributed by atoms with Crippen LogP contribution in [-0.4, -0.2) is 87.5 Å². The van der Waals surface area contributed by atoms with Crippen LogP contribution in [-0.2, 0) is 14.0 Å². The molecule has 0 spiro atoms. The van der Waals surface area contributed by atoms with E-state index in [0.717, 1.165) is 0 Å². The van der Waals surface area contributed by atoms with Crippen LogP contribution in [0.15, 0.2) is 0 Å². The predicted octanol–water partition coefficient (Wildman–Crippen LogP) is -2.62. The molecule has 0 amide bonds. The van der Waals surface area contributed by atoms with Crippen molar-refractivity contribution in [2.75, 3.05) is 26.4 Å². The molecule has 0 aromatic heterocycles. The lowest BCUT2D eigenvalue weighted by Crippen LogP contribution is -2.47. The molecule has 0 heterocycles. The van der Waals surface area contributed by atoms with Crippen LogP contribution in [0.2, 0.25) is 0 Å². The van der Waals surface area contributed by atoms with Gasteiger partial charge in [-0.25, -0.2) is 0 Å². The fourth-order valence-electron chi connectivity index (χ4n) is 1.50. The zero-order chi connectivity index (χ0) is 17.8. The number of aliphatic hydroxyl groups is 5. The summed E-state index contributed by atoms with van der Waals surface area (Å²) in [6, 6.07) is 0. The molecule has 0 saturated heterocycles. The molecule has 0 aliphatic carbocycles. The first-order chi connectivity index (χ1) is 10.9. The Morgan fingerprint density at radius 3 is 2.35 bits per heavy atom. The Kier molecular flexibility index (Phi) is 12.5. The van der Waals surface area contributed by atoms with Gasteiger partial charge in [0.05, 0.1) is 25.9 Å². The zero-order valence-electron chi connectivity index (χ0n) is 12.6. The van der Waals surface area contributed by atoms with Crippen molar-refractivity contribution in [3.63, 3.8) is 0 Å². The smallest absolute Gasteiger partial charge is 0.259 e. The number of hydrogen-bond donors (Lipinski definition) is 7. The average Bonchev–Trinajstić information content (AvgIpc) is 2.50. The highest BCUT2D eigenvalue weighted by molar-refractivity contribution is 7.51. The van der Waals surface area contributed by atoms with Gasteiger partial charge in [-0.1, -0.05) is 0 Å². The Labute approximate surface area is 135 Å². The summed E-state index contributed by atoms with van der Waals surface area (Å²) in [4.78, 5) is 9.40. The van der Waals surface area contributed by atoms with Crippen LogP contribution in [0.25, 0.3) is 0 Å². The summed E-state index contributed by atoms with van der Waals surface area (Å²) in [5.41, 5.74) is 7.14. The number of nitrogens with two attached hydrogens (primary N) is 1. The lowest BCUT2D eigenvalue weighted by atomic mass is 10.1. The quantitative estimate of drug-likeness (QED) is 0.0847. The molecular weight excluding hydrogens is 333 g/mol. The van der Waals surface area contributed by atoms with Crippen LogP contribution < -0.4 is 5.73 Å². The van der Waals surface area contributed by atoms with Gasteiger partial charge >= 0.3 is 0 Å². The SMILES string of the molecule is C[C@H](O)C(OC(OP(O)C#CO)[C@H](O)CO)[C@H](O)COCCN. The monoisotopic (exact) mass is 357 g/mol. The molecule has 0 saturated carbocycles. The molecule has 6 atom stereocenters. The van der Waals surface area contributed by atoms with Crippen molar-refractivity contribution in [2.24, 2.45) is 5.73 Å². The highest BCUT2D eigenvalue weighted by Gasteiger charge is 2.33. The fraction of sp³-hybridized carbons (Fsp3) is 0.833. The number of hydrogen-bond acceptors (Lipinski definition) is 10. The van der Waals surface area contributed by atoms with E-state index in [2.05, 4.69) is 0 Å². The minimum atomic E-state index is -2.46. The number of aliphatic hydroxyl groups excluding tert-OH is 5. The van der Waals surface area contributed by atoms with Crippen LogP contribution in [0.4, 0.5) is 0 Å². The molecule has 0 aliphatic heterocycles. The molecule has 23 heavy (non-hydrogen) atoms. The Balaban J connectivity index is 4.87. The maximum atomic E-state index is 9.97. The molecule has 10 nitrogen and oxygen atoms in total. The van der Waals surface area contributed by atoms with E-state index in [9.17, 15) is 20.2 Å². The van der Waals surface area contributed by atoms with Crippen molar-refractivity contribution in [1.82, 2.24) is 0 Å². The first-order valence-corrected chi connectivity index (χ1v) is 7.97. The standard InChI is InChI=1S/C12H24NO9P/c1-8(16)11(10(18)7-20-4-2-13)21-12(9(17)6-15)22-23(19)5-3-14/h8-12,14-19H,2,4,6-7,13H2,1H3/t8-,9+,10+,11?,12?,23?/m0/s1. The summed E-state index contributed by atoms with van der Waals surface area (Å²) in [5.74, 6) is 0. The lowest BCUT2D eigenvalue weighted by molar-refractivity contribution is -0.223. The zero-order valence-corrected chi connectivity index (χ0v) is 13.5. The van der Waals surface area contributed by atoms with Crippen molar-refractivity contribution in [3.8, 4) is 11.8 Å². The summed E-state index contributed by atoms with van der Waals surface area (Å²) in [6.07, 6.45) is -5.45. The van der Waals surface area contributed by atoms with Crippen LogP contribution in [0.1, 0.15) is 6.92 Å². The van der Waals surface area contributed by atoms with Gasteiger partial charge in [0.2, 0.25) is 0 Å². The summed E-state index contributed by atoms with van der Waals surface area (Å²) >= 11 is 0. The van der Waals surface area contributed by atoms with Gasteiger partial charge < -0.3 is 45.6 Å². The van der Waals surface area contributed by atoms with E-state index in [-0.39, 0.29) is 19.8 Å². The normalized spacial score (nSPS) is 19.1. The third-order valence-corrected chi connectivity index (χ3v) is 3.25. The molecule has 0 radical (unpaired) electrons. The Morgan fingerprint density at radius 2 is 1.87 bits per heavy atom. The first kappa shape index (κ1) is 22.4. The minimum Gasteiger partial charge on any atom is -0.462 e. The first-order valence-electron chi connectivity index (χ1n) is 6.76. The fourth-order valence-corrected chi connectivity index (χ4v) is 2.03. The Bertz CT molecular complexity index is 362. The Morgan fingerprint density at radius 1 is 1.22 bits per heavy atom. The van der Waals surface area contributed by atoms with Crippen molar-refractivity contribution in [2.45, 2.75) is 37.6 Å². The summed E-state index contributed by atoms with van der Waals surface area (Å²) in [7, 11) is -2.46. The molecule has 8 N–H and O–H groups in total. The average molecular weight is 357 g/mol. The molecular formula is C12H24NO9P. The number of ether oxygens (including phenoxy) is 2. The summed E-state index contributed by atoms with van der Waals surface area (Å²) in [6.45, 7) is 0.799. The molecule has 0 bridgehead atoms. The van der Waals surface area contributed by atoms with E-state index in [4.69, 9.17) is 29.9 Å². The second-order valence-electron chi connectivity index (χ2n) is 4.49. The van der Waals surface area contributed by atoms with Crippen molar-refractivity contribution in [1.29, 1.82) is 0 Å². The van der Waals surface area contributed by atoms with Crippen LogP contribution >= 0.6 is 8.38 Å². The van der Waals surface area contributed by atoms with E-state index in [1.165, 1.54) is 13.0 Å². The highest BCUT2D eigenvalue weighted by atomic mass is 31.2. The molecule has 0 aromatic rings. The highest BCUT2D eigenvalue weighted by Crippen LogP contribution is 2.33. The van der Waals surface area contributed by atoms with Gasteiger partial charge in [0.15, 0.2) is 6.29 Å². The predicted molar refractivity (Wildman–Crippen MR) is 79.3 cm³/mol. The van der Waals surface area contributed by atoms with Gasteiger partial charge in [0, 0.05) is 12.2 Å². The molecule has 0 fully saturated rings. The molecule has 0 rings (SSSR count). The van der Waals surface area contributed by atoms with Gasteiger partial charge in [-0.15, -0.1) is 0 Å². The number of rotatable bonds is 12. The minimum absolute atomic E-state index is 0.191. The third-order valence-electron chi connectivity index (χ3n) is 2.55. The molecule has 0 aliphatic rings. The topological polar surface area (TPSA) is 175 Å². The van der Waals surface area contributed by atoms with Gasteiger partial charge in [-0.3, -0.25) is 4.52 Å². The van der Waals surface area contributed by atoms with E-state index < -0.39 is 45.7 Å². The van der Waals surface area contributed by atoms with Crippen molar-refractivity contribution >= 4 is 8.38 Å². The molecule has 11 heteroatoms. The van der Waals surface area contributed by atoms with E-state index >= 15 is 0 Å². The lowest BCUT2D eigenvalue weighted by Gasteiger charge is -2.31. The van der Waals surface area contributed by atoms with E-state index in [1.54, 1.807) is 0 Å². The van der Waals surface area contributed by atoms with Crippen LogP contribution in [0.3, 0.4) is 0 Å². The third kappa shape index (κ3) is 9.34. The van der Waals surface area contributed by atoms with Crippen LogP contribution in [0.5, 0.6) is 0 Å². The Hall–Kier alpha value is -0.570. The molecule has 0 aromatic carbocycles. The van der Waals surface area contributed by atoms with Gasteiger partial charge in [-0.05, 0) is 6.92 Å². The second kappa shape index (κ2) is 12.8. The summed E-state index contributed by atoms with van der Waals surface area (Å²) in [5, 5.41) is 46.7. The van der Waals surface area contributed by atoms with Gasteiger partial charge in [0.1, 0.15) is 24.4 Å². The molecule has 3 unspecified atom stereocenters. The van der Waals surface area contributed by atoms with Crippen LogP contribution in [0, 0.1) is 11.8 Å². The second-order valence-corrected chi connectivity index (χ2v) is 5.47. The summed E-state index contributed by atoms with van der Waals surface area (Å²) < 4.78 is 15.2. The maximum Gasteiger partial charge on any atom is 0.259 e. The van der Waals surface area contributed by atoms with Gasteiger partial charge in [0.25, 0.3) is 8.38 Å². The van der Waals surface area contributed by atoms with Crippen molar-refractivity contribution < 1.29 is 44.4 Å².